The van der Waals surface area contributed by atoms with Crippen LogP contribution in [0, 0.1) is 5.82 Å². The highest BCUT2D eigenvalue weighted by Gasteiger charge is 2.24. The van der Waals surface area contributed by atoms with Gasteiger partial charge in [-0.15, -0.1) is 0 Å². The maximum atomic E-state index is 15.0. The number of benzene rings is 3. The maximum absolute atomic E-state index is 15.0. The van der Waals surface area contributed by atoms with E-state index in [1.807, 2.05) is 24.3 Å². The number of aromatic nitrogens is 4. The van der Waals surface area contributed by atoms with Gasteiger partial charge < -0.3 is 15.5 Å². The average Bonchev–Trinajstić information content (AvgIpc) is 3.52. The zero-order chi connectivity index (χ0) is 26.9. The molecule has 194 valence electrons. The number of fused-ring (bicyclic) bond motifs is 1. The minimum atomic E-state index is -3.81. The molecule has 2 heterocycles. The number of primary amides is 1. The third-order valence-corrected chi connectivity index (χ3v) is 7.08. The summed E-state index contributed by atoms with van der Waals surface area (Å²) in [5.41, 5.74) is 8.21. The normalized spacial score (nSPS) is 11.6. The van der Waals surface area contributed by atoms with Gasteiger partial charge in [0.15, 0.2) is 27.2 Å². The minimum absolute atomic E-state index is 0.223. The molecule has 0 aliphatic heterocycles. The number of nitrogens with two attached hydrogens (primary N) is 1. The zero-order valence-electron chi connectivity index (χ0n) is 20.4. The smallest absolute Gasteiger partial charge is 0.217 e. The molecule has 0 saturated heterocycles. The van der Waals surface area contributed by atoms with Crippen LogP contribution < -0.4 is 10.5 Å². The van der Waals surface area contributed by atoms with Crippen LogP contribution in [0.2, 0.25) is 0 Å². The second-order valence-corrected chi connectivity index (χ2v) is 10.9. The Morgan fingerprint density at radius 2 is 1.89 bits per heavy atom. The van der Waals surface area contributed by atoms with E-state index in [1.54, 1.807) is 47.5 Å². The summed E-state index contributed by atoms with van der Waals surface area (Å²) in [6.45, 7) is 0.465. The van der Waals surface area contributed by atoms with Gasteiger partial charge in [0.05, 0.1) is 6.54 Å². The first-order valence-corrected chi connectivity index (χ1v) is 13.6. The molecule has 9 nitrogen and oxygen atoms in total. The molecule has 0 unspecified atom stereocenters. The number of aromatic amines is 1. The van der Waals surface area contributed by atoms with Crippen molar-refractivity contribution in [2.75, 3.05) is 6.26 Å². The molecule has 5 aromatic rings. The standard InChI is InChI=1S/C27H24FN5O4S/c1-38(35,36)26-21-10-11-30-23(21)14-22(28)25(26)37-20-7-3-6-19(13-20)27-31-16-33(32-27)15-18-5-2-4-17(12-18)8-9-24(29)34/h2-7,10-14,16,30H,8-9,15H2,1H3,(H2,29,34). The molecule has 0 fully saturated rings. The number of sulfone groups is 1. The fraction of sp³-hybridized carbons (Fsp3) is 0.148. The van der Waals surface area contributed by atoms with E-state index in [9.17, 15) is 17.6 Å². The van der Waals surface area contributed by atoms with Gasteiger partial charge in [0.1, 0.15) is 17.0 Å². The Bertz CT molecular complexity index is 1760. The summed E-state index contributed by atoms with van der Waals surface area (Å²) in [6.07, 6.45) is 5.01. The Labute approximate surface area is 218 Å². The van der Waals surface area contributed by atoms with E-state index in [4.69, 9.17) is 10.5 Å². The summed E-state index contributed by atoms with van der Waals surface area (Å²) < 4.78 is 47.5. The number of rotatable bonds is 9. The molecule has 0 aliphatic rings. The minimum Gasteiger partial charge on any atom is -0.453 e. The maximum Gasteiger partial charge on any atom is 0.217 e. The predicted molar refractivity (Wildman–Crippen MR) is 140 cm³/mol. The quantitative estimate of drug-likeness (QED) is 0.291. The Balaban J connectivity index is 1.39. The number of nitrogens with one attached hydrogen (secondary N) is 1. The van der Waals surface area contributed by atoms with Crippen molar-refractivity contribution in [3.8, 4) is 22.9 Å². The molecule has 0 saturated carbocycles. The summed E-state index contributed by atoms with van der Waals surface area (Å²) >= 11 is 0. The highest BCUT2D eigenvalue weighted by molar-refractivity contribution is 7.91. The van der Waals surface area contributed by atoms with Crippen LogP contribution in [0.4, 0.5) is 4.39 Å². The Kier molecular flexibility index (Phi) is 6.68. The van der Waals surface area contributed by atoms with Gasteiger partial charge >= 0.3 is 0 Å². The third-order valence-electron chi connectivity index (χ3n) is 5.93. The van der Waals surface area contributed by atoms with E-state index < -0.39 is 15.7 Å². The van der Waals surface area contributed by atoms with Crippen LogP contribution in [0.5, 0.6) is 11.5 Å². The van der Waals surface area contributed by atoms with Gasteiger partial charge in [-0.3, -0.25) is 4.79 Å². The first-order valence-electron chi connectivity index (χ1n) is 11.7. The molecule has 2 aromatic heterocycles. The van der Waals surface area contributed by atoms with Gasteiger partial charge in [-0.25, -0.2) is 22.5 Å². The number of carbonyl (C=O) groups is 1. The number of carbonyl (C=O) groups excluding carboxylic acids is 1. The van der Waals surface area contributed by atoms with Crippen molar-refractivity contribution in [3.05, 3.63) is 90.1 Å². The molecule has 5 rings (SSSR count). The first kappa shape index (κ1) is 25.2. The monoisotopic (exact) mass is 533 g/mol. The van der Waals surface area contributed by atoms with Gasteiger partial charge in [-0.1, -0.05) is 36.4 Å². The number of nitrogens with zero attached hydrogens (tertiary/aromatic N) is 3. The molecular formula is C27H24FN5O4S. The van der Waals surface area contributed by atoms with Gasteiger partial charge in [0, 0.05) is 41.4 Å². The van der Waals surface area contributed by atoms with Crippen molar-refractivity contribution in [1.29, 1.82) is 0 Å². The summed E-state index contributed by atoms with van der Waals surface area (Å²) in [5.74, 6) is -0.856. The number of halogens is 1. The first-order chi connectivity index (χ1) is 18.2. The summed E-state index contributed by atoms with van der Waals surface area (Å²) in [4.78, 5) is 18.1. The van der Waals surface area contributed by atoms with E-state index in [1.165, 1.54) is 6.07 Å². The molecule has 3 N–H and O–H groups in total. The average molecular weight is 534 g/mol. The lowest BCUT2D eigenvalue weighted by Gasteiger charge is -2.13. The number of hydrogen-bond donors (Lipinski definition) is 2. The number of aryl methyl sites for hydroxylation is 1. The number of hydrogen-bond acceptors (Lipinski definition) is 6. The van der Waals surface area contributed by atoms with Crippen LogP contribution in [0.3, 0.4) is 0 Å². The summed E-state index contributed by atoms with van der Waals surface area (Å²) in [7, 11) is -3.81. The van der Waals surface area contributed by atoms with Crippen molar-refractivity contribution in [2.45, 2.75) is 24.3 Å². The zero-order valence-corrected chi connectivity index (χ0v) is 21.2. The molecule has 0 radical (unpaired) electrons. The number of amides is 1. The van der Waals surface area contributed by atoms with Crippen LogP contribution in [-0.2, 0) is 27.6 Å². The van der Waals surface area contributed by atoms with Crippen molar-refractivity contribution in [2.24, 2.45) is 5.73 Å². The van der Waals surface area contributed by atoms with Crippen LogP contribution >= 0.6 is 0 Å². The van der Waals surface area contributed by atoms with Crippen molar-refractivity contribution < 1.29 is 22.3 Å². The van der Waals surface area contributed by atoms with E-state index in [0.29, 0.717) is 35.3 Å². The Hall–Kier alpha value is -4.51. The van der Waals surface area contributed by atoms with Gasteiger partial charge in [-0.2, -0.15) is 5.10 Å². The lowest BCUT2D eigenvalue weighted by molar-refractivity contribution is -0.117. The van der Waals surface area contributed by atoms with Crippen LogP contribution in [-0.4, -0.2) is 40.3 Å². The van der Waals surface area contributed by atoms with Gasteiger partial charge in [0.2, 0.25) is 5.91 Å². The predicted octanol–water partition coefficient (Wildman–Crippen LogP) is 4.23. The van der Waals surface area contributed by atoms with Crippen molar-refractivity contribution in [1.82, 2.24) is 19.7 Å². The topological polar surface area (TPSA) is 133 Å². The van der Waals surface area contributed by atoms with Gasteiger partial charge in [0.25, 0.3) is 0 Å². The number of H-pyrrole nitrogens is 1. The second kappa shape index (κ2) is 10.1. The van der Waals surface area contributed by atoms with E-state index in [2.05, 4.69) is 15.1 Å². The second-order valence-electron chi connectivity index (χ2n) is 8.91. The van der Waals surface area contributed by atoms with Crippen LogP contribution in [0.25, 0.3) is 22.3 Å². The SMILES string of the molecule is CS(=O)(=O)c1c(Oc2cccc(-c3ncn(Cc4cccc(CCC(N)=O)c4)n3)c2)c(F)cc2[nH]ccc12. The van der Waals surface area contributed by atoms with E-state index in [0.717, 1.165) is 17.4 Å². The lowest BCUT2D eigenvalue weighted by Crippen LogP contribution is -2.11. The highest BCUT2D eigenvalue weighted by Crippen LogP contribution is 2.38. The van der Waals surface area contributed by atoms with Crippen molar-refractivity contribution in [3.63, 3.8) is 0 Å². The largest absolute Gasteiger partial charge is 0.453 e. The molecule has 38 heavy (non-hydrogen) atoms. The fourth-order valence-corrected chi connectivity index (χ4v) is 5.30. The Morgan fingerprint density at radius 1 is 1.11 bits per heavy atom. The van der Waals surface area contributed by atoms with Crippen LogP contribution in [0.1, 0.15) is 17.5 Å². The molecule has 1 amide bonds. The molecular weight excluding hydrogens is 509 g/mol. The molecule has 3 aromatic carbocycles. The number of ether oxygens (including phenoxy) is 1. The fourth-order valence-electron chi connectivity index (χ4n) is 4.24. The molecule has 0 spiro atoms. The van der Waals surface area contributed by atoms with Crippen LogP contribution in [0.15, 0.2) is 78.1 Å². The van der Waals surface area contributed by atoms with Gasteiger partial charge in [-0.05, 0) is 35.7 Å². The Morgan fingerprint density at radius 3 is 2.68 bits per heavy atom. The summed E-state index contributed by atoms with van der Waals surface area (Å²) in [5, 5.41) is 4.88. The third kappa shape index (κ3) is 5.42. The van der Waals surface area contributed by atoms with Crippen molar-refractivity contribution >= 4 is 26.6 Å². The molecule has 0 bridgehead atoms. The summed E-state index contributed by atoms with van der Waals surface area (Å²) in [6, 6.07) is 17.3. The highest BCUT2D eigenvalue weighted by atomic mass is 32.2. The van der Waals surface area contributed by atoms with E-state index >= 15 is 0 Å². The van der Waals surface area contributed by atoms with E-state index in [-0.39, 0.29) is 28.7 Å². The molecule has 0 atom stereocenters. The lowest BCUT2D eigenvalue weighted by atomic mass is 10.1. The molecule has 0 aliphatic carbocycles. The molecule has 11 heteroatoms.